The molecule has 1 aliphatic rings. The third kappa shape index (κ3) is 8.70. The van der Waals surface area contributed by atoms with Gasteiger partial charge in [-0.2, -0.15) is 18.2 Å². The van der Waals surface area contributed by atoms with Crippen LogP contribution in [0.1, 0.15) is 62.3 Å². The largest absolute Gasteiger partial charge is 0.454 e. The van der Waals surface area contributed by atoms with Crippen molar-refractivity contribution in [1.29, 1.82) is 0 Å². The number of rotatable bonds is 12. The fourth-order valence-corrected chi connectivity index (χ4v) is 7.25. The minimum Gasteiger partial charge on any atom is -0.396 e. The van der Waals surface area contributed by atoms with E-state index in [1.807, 2.05) is 25.8 Å². The predicted molar refractivity (Wildman–Crippen MR) is 173 cm³/mol. The zero-order valence-corrected chi connectivity index (χ0v) is 28.6. The number of anilines is 1. The molecule has 50 heavy (non-hydrogen) atoms. The lowest BCUT2D eigenvalue weighted by Crippen LogP contribution is -2.56. The number of hydrogen-bond donors (Lipinski definition) is 6. The van der Waals surface area contributed by atoms with E-state index in [1.165, 1.54) is 13.8 Å². The molecule has 0 bridgehead atoms. The van der Waals surface area contributed by atoms with Crippen LogP contribution in [0.2, 0.25) is 0 Å². The smallest absolute Gasteiger partial charge is 0.396 e. The SMILES string of the molecule is CCC1CC(Nc2cccc3c(CC(F)(F)F)c(-c4noc(CNC(=O)c5cn(CC(C)(C)O)nc5OC(O)(O)O)n4)sc23)C(F)C(C)N1C. The third-order valence-corrected chi connectivity index (χ3v) is 9.70. The molecule has 3 aromatic heterocycles. The van der Waals surface area contributed by atoms with E-state index in [1.54, 1.807) is 18.2 Å². The number of carbonyl (C=O) groups is 1. The van der Waals surface area contributed by atoms with E-state index < -0.39 is 54.9 Å². The third-order valence-electron chi connectivity index (χ3n) is 8.42. The number of nitrogens with one attached hydrogen (secondary N) is 2. The number of benzene rings is 1. The number of amides is 1. The van der Waals surface area contributed by atoms with Crippen LogP contribution in [0.15, 0.2) is 28.9 Å². The Kier molecular flexibility index (Phi) is 10.5. The first-order valence-electron chi connectivity index (χ1n) is 15.7. The zero-order valence-electron chi connectivity index (χ0n) is 27.8. The molecule has 1 saturated heterocycles. The summed E-state index contributed by atoms with van der Waals surface area (Å²) < 4.78 is 68.5. The van der Waals surface area contributed by atoms with E-state index in [2.05, 4.69) is 30.6 Å². The van der Waals surface area contributed by atoms with Crippen molar-refractivity contribution < 1.29 is 52.0 Å². The Balaban J connectivity index is 1.41. The predicted octanol–water partition coefficient (Wildman–Crippen LogP) is 3.54. The number of ether oxygens (including phenoxy) is 1. The van der Waals surface area contributed by atoms with Crippen molar-refractivity contribution in [3.05, 3.63) is 41.4 Å². The molecule has 1 aliphatic heterocycles. The van der Waals surface area contributed by atoms with E-state index in [0.29, 0.717) is 22.2 Å². The van der Waals surface area contributed by atoms with Crippen LogP contribution in [0.5, 0.6) is 5.88 Å². The first-order valence-corrected chi connectivity index (χ1v) is 16.6. The first kappa shape index (κ1) is 37.4. The number of thiophene rings is 1. The lowest BCUT2D eigenvalue weighted by atomic mass is 9.89. The van der Waals surface area contributed by atoms with E-state index in [-0.39, 0.29) is 46.3 Å². The summed E-state index contributed by atoms with van der Waals surface area (Å²) in [5.74, 6) is -1.92. The molecule has 5 rings (SSSR count). The normalized spacial score (nSPS) is 20.7. The van der Waals surface area contributed by atoms with E-state index in [0.717, 1.165) is 28.6 Å². The van der Waals surface area contributed by atoms with Crippen LogP contribution >= 0.6 is 11.3 Å². The van der Waals surface area contributed by atoms with Crippen molar-refractivity contribution in [3.8, 4) is 16.6 Å². The minimum absolute atomic E-state index is 0.0842. The number of nitrogens with zero attached hydrogens (tertiary/aromatic N) is 5. The van der Waals surface area contributed by atoms with Gasteiger partial charge in [0.05, 0.1) is 46.4 Å². The molecule has 0 aliphatic carbocycles. The molecule has 1 fully saturated rings. The van der Waals surface area contributed by atoms with Gasteiger partial charge >= 0.3 is 12.3 Å². The molecule has 274 valence electrons. The number of alkyl halides is 4. The van der Waals surface area contributed by atoms with Gasteiger partial charge in [-0.25, -0.2) is 4.39 Å². The van der Waals surface area contributed by atoms with Crippen molar-refractivity contribution >= 4 is 33.0 Å². The maximum Gasteiger partial charge on any atom is 0.454 e. The van der Waals surface area contributed by atoms with E-state index >= 15 is 4.39 Å². The van der Waals surface area contributed by atoms with Crippen LogP contribution in [-0.2, 0) is 19.5 Å². The van der Waals surface area contributed by atoms with Gasteiger partial charge < -0.3 is 40.3 Å². The molecule has 19 heteroatoms. The Hall–Kier alpha value is -3.88. The van der Waals surface area contributed by atoms with Crippen LogP contribution in [-0.4, -0.2) is 100 Å². The Morgan fingerprint density at radius 1 is 1.20 bits per heavy atom. The Morgan fingerprint density at radius 3 is 2.56 bits per heavy atom. The zero-order chi connectivity index (χ0) is 36.8. The molecule has 1 amide bonds. The summed E-state index contributed by atoms with van der Waals surface area (Å²) in [5, 5.41) is 51.6. The van der Waals surface area contributed by atoms with Crippen LogP contribution in [0.25, 0.3) is 20.8 Å². The van der Waals surface area contributed by atoms with Gasteiger partial charge in [0.2, 0.25) is 11.7 Å². The number of fused-ring (bicyclic) bond motifs is 1. The molecule has 0 spiro atoms. The van der Waals surface area contributed by atoms with Gasteiger partial charge in [-0.15, -0.1) is 16.4 Å². The molecule has 4 aromatic rings. The number of aliphatic hydroxyl groups is 4. The second kappa shape index (κ2) is 14.0. The van der Waals surface area contributed by atoms with Crippen molar-refractivity contribution in [1.82, 2.24) is 30.1 Å². The summed E-state index contributed by atoms with van der Waals surface area (Å²) in [5.41, 5.74) is -1.26. The van der Waals surface area contributed by atoms with E-state index in [4.69, 9.17) is 4.52 Å². The number of carbonyl (C=O) groups excluding carboxylic acids is 1. The maximum atomic E-state index is 15.5. The number of aromatic nitrogens is 4. The topological polar surface area (TPSA) is 191 Å². The molecule has 4 atom stereocenters. The quantitative estimate of drug-likeness (QED) is 0.0920. The summed E-state index contributed by atoms with van der Waals surface area (Å²) >= 11 is 1.00. The lowest BCUT2D eigenvalue weighted by molar-refractivity contribution is -0.420. The fourth-order valence-electron chi connectivity index (χ4n) is 6.03. The second-order valence-electron chi connectivity index (χ2n) is 13.0. The molecule has 1 aromatic carbocycles. The monoisotopic (exact) mass is 729 g/mol. The Morgan fingerprint density at radius 2 is 1.92 bits per heavy atom. The molecule has 0 saturated carbocycles. The van der Waals surface area contributed by atoms with Crippen molar-refractivity contribution in [2.75, 3.05) is 12.4 Å². The molecule has 4 heterocycles. The number of piperidine rings is 1. The summed E-state index contributed by atoms with van der Waals surface area (Å²) in [7, 11) is 1.88. The van der Waals surface area contributed by atoms with Gasteiger partial charge in [-0.05, 0) is 57.7 Å². The van der Waals surface area contributed by atoms with Crippen LogP contribution in [0, 0.1) is 0 Å². The van der Waals surface area contributed by atoms with Crippen LogP contribution in [0.3, 0.4) is 0 Å². The van der Waals surface area contributed by atoms with Gasteiger partial charge in [0.15, 0.2) is 0 Å². The van der Waals surface area contributed by atoms with Crippen molar-refractivity contribution in [3.63, 3.8) is 0 Å². The summed E-state index contributed by atoms with van der Waals surface area (Å²) in [4.78, 5) is 19.3. The highest BCUT2D eigenvalue weighted by molar-refractivity contribution is 7.23. The Bertz CT molecular complexity index is 1810. The lowest BCUT2D eigenvalue weighted by Gasteiger charge is -2.44. The van der Waals surface area contributed by atoms with Gasteiger partial charge in [0.25, 0.3) is 11.8 Å². The molecular formula is C31H39F4N7O7S. The molecule has 14 nitrogen and oxygen atoms in total. The van der Waals surface area contributed by atoms with Crippen LogP contribution < -0.4 is 15.4 Å². The fraction of sp³-hybridized carbons (Fsp3) is 0.548. The highest BCUT2D eigenvalue weighted by Crippen LogP contribution is 2.44. The molecule has 0 radical (unpaired) electrons. The van der Waals surface area contributed by atoms with Crippen molar-refractivity contribution in [2.24, 2.45) is 0 Å². The molecular weight excluding hydrogens is 690 g/mol. The van der Waals surface area contributed by atoms with E-state index in [9.17, 15) is 38.4 Å². The highest BCUT2D eigenvalue weighted by Gasteiger charge is 2.39. The van der Waals surface area contributed by atoms with Gasteiger partial charge in [-0.1, -0.05) is 24.2 Å². The minimum atomic E-state index is -4.58. The Labute approximate surface area is 287 Å². The standard InChI is InChI=1S/C31H39F4N7O7S/c1-6-16-10-21(23(32)15(2)41(16)5)37-20-9-7-8-17-18(11-30(33,34)35)25(50-24(17)20)26-38-22(49-40-26)12-36-27(43)19-13-42(14-29(3,4)44)39-28(19)48-31(45,46)47/h7-9,13,15-16,21,23,37,44-47H,6,10-12,14H2,1-5H3,(H,36,43). The molecule has 4 unspecified atom stereocenters. The van der Waals surface area contributed by atoms with Crippen molar-refractivity contribution in [2.45, 2.75) is 102 Å². The number of halogens is 4. The molecule has 6 N–H and O–H groups in total. The number of likely N-dealkylation sites (tertiary alicyclic amines) is 1. The summed E-state index contributed by atoms with van der Waals surface area (Å²) in [6.07, 6.45) is -8.32. The van der Waals surface area contributed by atoms with Gasteiger partial charge in [0.1, 0.15) is 11.7 Å². The highest BCUT2D eigenvalue weighted by atomic mass is 32.1. The summed E-state index contributed by atoms with van der Waals surface area (Å²) in [6.45, 7) is 6.20. The first-order chi connectivity index (χ1) is 23.2. The number of hydrogen-bond acceptors (Lipinski definition) is 13. The van der Waals surface area contributed by atoms with Gasteiger partial charge in [0, 0.05) is 18.3 Å². The summed E-state index contributed by atoms with van der Waals surface area (Å²) in [6, 6.07) is 4.06. The maximum absolute atomic E-state index is 15.5. The van der Waals surface area contributed by atoms with Gasteiger partial charge in [-0.3, -0.25) is 14.4 Å². The van der Waals surface area contributed by atoms with Crippen LogP contribution in [0.4, 0.5) is 23.2 Å². The average Bonchev–Trinajstić information content (AvgIpc) is 3.71. The average molecular weight is 730 g/mol. The second-order valence-corrected chi connectivity index (χ2v) is 14.0.